The van der Waals surface area contributed by atoms with Gasteiger partial charge in [0.15, 0.2) is 6.10 Å². The van der Waals surface area contributed by atoms with E-state index in [1.165, 1.54) is 64.2 Å². The number of allylic oxidation sites excluding steroid dienone is 18. The van der Waals surface area contributed by atoms with Crippen molar-refractivity contribution < 1.29 is 75.8 Å². The smallest absolute Gasteiger partial charge is 0.463 e. The van der Waals surface area contributed by atoms with Crippen molar-refractivity contribution in [2.24, 2.45) is 0 Å². The maximum atomic E-state index is 12.9. The van der Waals surface area contributed by atoms with Gasteiger partial charge in [-0.25, -0.2) is 9.13 Å². The highest BCUT2D eigenvalue weighted by atomic mass is 31.2. The molecular weight excluding hydrogens is 1150 g/mol. The molecule has 16 nitrogen and oxygen atoms in total. The predicted molar refractivity (Wildman–Crippen MR) is 353 cm³/mol. The van der Waals surface area contributed by atoms with Crippen LogP contribution in [-0.2, 0) is 55.8 Å². The number of esters is 3. The van der Waals surface area contributed by atoms with E-state index in [2.05, 4.69) is 118 Å². The van der Waals surface area contributed by atoms with Crippen molar-refractivity contribution in [2.75, 3.05) is 39.6 Å². The number of phosphoric acid groups is 2. The molecule has 500 valence electrons. The van der Waals surface area contributed by atoms with Gasteiger partial charge in [0.25, 0.3) is 0 Å². The van der Waals surface area contributed by atoms with Crippen LogP contribution in [0.5, 0.6) is 0 Å². The Morgan fingerprint density at radius 3 is 1.01 bits per heavy atom. The Bertz CT molecular complexity index is 2030. The molecule has 0 radical (unpaired) electrons. The van der Waals surface area contributed by atoms with E-state index in [-0.39, 0.29) is 19.3 Å². The molecule has 5 atom stereocenters. The van der Waals surface area contributed by atoms with Crippen LogP contribution in [0.4, 0.5) is 0 Å². The number of phosphoric ester groups is 2. The summed E-state index contributed by atoms with van der Waals surface area (Å²) in [6, 6.07) is 0. The third kappa shape index (κ3) is 63.6. The Morgan fingerprint density at radius 2 is 0.621 bits per heavy atom. The summed E-state index contributed by atoms with van der Waals surface area (Å²) in [5, 5.41) is 20.5. The van der Waals surface area contributed by atoms with Crippen LogP contribution < -0.4 is 0 Å². The fraction of sp³-hybridized carbons (Fsp3) is 0.696. The van der Waals surface area contributed by atoms with Crippen molar-refractivity contribution >= 4 is 33.6 Å². The van der Waals surface area contributed by atoms with Gasteiger partial charge in [-0.15, -0.1) is 0 Å². The molecule has 0 aromatic heterocycles. The maximum absolute atomic E-state index is 12.9. The Hall–Kier alpha value is -3.79. The summed E-state index contributed by atoms with van der Waals surface area (Å²) in [5.41, 5.74) is 0. The largest absolute Gasteiger partial charge is 0.472 e. The minimum Gasteiger partial charge on any atom is -0.463 e. The molecule has 0 aliphatic carbocycles. The van der Waals surface area contributed by atoms with Crippen LogP contribution in [0.1, 0.15) is 252 Å². The molecule has 0 aliphatic heterocycles. The molecule has 0 spiro atoms. The molecule has 0 rings (SSSR count). The van der Waals surface area contributed by atoms with Crippen molar-refractivity contribution in [1.29, 1.82) is 0 Å². The van der Waals surface area contributed by atoms with Gasteiger partial charge in [-0.05, 0) is 96.3 Å². The number of unbranched alkanes of at least 4 members (excludes halogenated alkanes) is 21. The van der Waals surface area contributed by atoms with E-state index in [9.17, 15) is 43.5 Å². The van der Waals surface area contributed by atoms with E-state index >= 15 is 0 Å². The topological polar surface area (TPSA) is 231 Å². The second-order valence-corrected chi connectivity index (χ2v) is 24.8. The van der Waals surface area contributed by atoms with Gasteiger partial charge in [-0.2, -0.15) is 0 Å². The quantitative estimate of drug-likeness (QED) is 0.0146. The first-order valence-corrected chi connectivity index (χ1v) is 36.2. The van der Waals surface area contributed by atoms with Gasteiger partial charge in [0.2, 0.25) is 0 Å². The molecule has 0 saturated carbocycles. The Morgan fingerprint density at radius 1 is 0.333 bits per heavy atom. The number of aliphatic hydroxyl groups excluding tert-OH is 2. The number of ether oxygens (including phenoxy) is 3. The van der Waals surface area contributed by atoms with Gasteiger partial charge in [-0.1, -0.05) is 246 Å². The Kier molecular flexibility index (Phi) is 59.7. The fourth-order valence-corrected chi connectivity index (χ4v) is 10.1. The standard InChI is InChI=1S/C69H118O16P2/c1-4-7-10-13-16-19-22-25-28-30-31-33-36-37-40-43-46-49-52-55-67(72)79-58-64(70)59-81-86(75,76)82-60-65(71)61-83-87(77,78)84-63-66(85-69(74)57-54-51-48-45-42-39-34-27-24-21-18-15-12-9-6-3)62-80-68(73)56-53-50-47-44-41-38-35-32-29-26-23-20-17-14-11-8-5-2/h7-8,10-11,16-17,19-20,25-26,28-29,31,33,35,38,44,47,64-66,70-71H,4-6,9,12-15,18,21-24,27,30,32,34,36-37,39-43,45-46,48-63H2,1-3H3,(H,75,76)(H,77,78)/b10-7-,11-8-,19-16-,20-17-,28-25-,29-26-,33-31-,38-35-,47-44-. The van der Waals surface area contributed by atoms with E-state index in [0.717, 1.165) is 122 Å². The Labute approximate surface area is 526 Å². The average molecular weight is 1270 g/mol. The molecule has 5 unspecified atom stereocenters. The molecule has 0 saturated heterocycles. The fourth-order valence-electron chi connectivity index (χ4n) is 8.48. The molecule has 0 aromatic rings. The van der Waals surface area contributed by atoms with Crippen LogP contribution in [0, 0.1) is 0 Å². The minimum atomic E-state index is -4.94. The zero-order valence-electron chi connectivity index (χ0n) is 53.9. The molecule has 0 aromatic carbocycles. The molecule has 0 fully saturated rings. The average Bonchev–Trinajstić information content (AvgIpc) is 3.68. The second-order valence-electron chi connectivity index (χ2n) is 21.9. The molecule has 4 N–H and O–H groups in total. The number of rotatable bonds is 62. The highest BCUT2D eigenvalue weighted by molar-refractivity contribution is 7.47. The van der Waals surface area contributed by atoms with E-state index in [1.54, 1.807) is 0 Å². The molecule has 0 amide bonds. The van der Waals surface area contributed by atoms with Gasteiger partial charge in [0, 0.05) is 19.3 Å². The second kappa shape index (κ2) is 62.4. The predicted octanol–water partition coefficient (Wildman–Crippen LogP) is 18.1. The lowest BCUT2D eigenvalue weighted by Crippen LogP contribution is -2.30. The number of carbonyl (C=O) groups is 3. The zero-order chi connectivity index (χ0) is 63.8. The normalized spacial score (nSPS) is 15.0. The van der Waals surface area contributed by atoms with E-state index in [0.29, 0.717) is 25.7 Å². The van der Waals surface area contributed by atoms with Crippen molar-refractivity contribution in [3.8, 4) is 0 Å². The summed E-state index contributed by atoms with van der Waals surface area (Å²) in [7, 11) is -9.79. The molecule has 87 heavy (non-hydrogen) atoms. The first kappa shape index (κ1) is 83.2. The van der Waals surface area contributed by atoms with Gasteiger partial charge in [0.1, 0.15) is 25.4 Å². The first-order valence-electron chi connectivity index (χ1n) is 33.2. The van der Waals surface area contributed by atoms with Crippen molar-refractivity contribution in [3.05, 3.63) is 109 Å². The highest BCUT2D eigenvalue weighted by Gasteiger charge is 2.29. The summed E-state index contributed by atoms with van der Waals surface area (Å²) < 4.78 is 60.8. The van der Waals surface area contributed by atoms with Crippen LogP contribution in [0.2, 0.25) is 0 Å². The third-order valence-electron chi connectivity index (χ3n) is 13.5. The van der Waals surface area contributed by atoms with Crippen LogP contribution in [0.15, 0.2) is 109 Å². The molecule has 18 heteroatoms. The van der Waals surface area contributed by atoms with Crippen molar-refractivity contribution in [1.82, 2.24) is 0 Å². The lowest BCUT2D eigenvalue weighted by Gasteiger charge is -2.21. The molecule has 0 bridgehead atoms. The summed E-state index contributed by atoms with van der Waals surface area (Å²) in [6.45, 7) is 2.36. The number of aliphatic hydroxyl groups is 2. The third-order valence-corrected chi connectivity index (χ3v) is 15.4. The van der Waals surface area contributed by atoms with Crippen LogP contribution >= 0.6 is 15.6 Å². The van der Waals surface area contributed by atoms with E-state index < -0.39 is 91.5 Å². The van der Waals surface area contributed by atoms with Crippen LogP contribution in [-0.4, -0.2) is 95.9 Å². The first-order chi connectivity index (χ1) is 42.2. The lowest BCUT2D eigenvalue weighted by molar-refractivity contribution is -0.161. The highest BCUT2D eigenvalue weighted by Crippen LogP contribution is 2.45. The number of hydrogen-bond donors (Lipinski definition) is 4. The summed E-state index contributed by atoms with van der Waals surface area (Å²) in [6.07, 6.45) is 68.6. The van der Waals surface area contributed by atoms with Gasteiger partial charge in [0.05, 0.1) is 26.4 Å². The van der Waals surface area contributed by atoms with Crippen molar-refractivity contribution in [3.63, 3.8) is 0 Å². The van der Waals surface area contributed by atoms with Crippen molar-refractivity contribution in [2.45, 2.75) is 270 Å². The maximum Gasteiger partial charge on any atom is 0.472 e. The summed E-state index contributed by atoms with van der Waals surface area (Å²) >= 11 is 0. The van der Waals surface area contributed by atoms with E-state index in [1.807, 2.05) is 12.2 Å². The minimum absolute atomic E-state index is 0.0917. The van der Waals surface area contributed by atoms with Crippen LogP contribution in [0.25, 0.3) is 0 Å². The van der Waals surface area contributed by atoms with Gasteiger partial charge in [-0.3, -0.25) is 32.5 Å². The summed E-state index contributed by atoms with van der Waals surface area (Å²) in [4.78, 5) is 58.3. The lowest BCUT2D eigenvalue weighted by atomic mass is 10.0. The zero-order valence-corrected chi connectivity index (χ0v) is 55.7. The number of hydrogen-bond acceptors (Lipinski definition) is 14. The Balaban J connectivity index is 4.73. The SMILES string of the molecule is CC/C=C\C/C=C\C/C=C\C/C=C\C/C=C\CCCC(=O)OCC(COP(=O)(O)OCC(O)COP(=O)(O)OCC(O)COC(=O)CCCCCCCC/C=C\C/C=C\C/C=C\C/C=C\CC)OC(=O)CCCCCCCCCCCCCCCCC. The summed E-state index contributed by atoms with van der Waals surface area (Å²) in [5.74, 6) is -1.65. The molecule has 0 heterocycles. The molecule has 0 aliphatic rings. The van der Waals surface area contributed by atoms with Crippen LogP contribution in [0.3, 0.4) is 0 Å². The van der Waals surface area contributed by atoms with Gasteiger partial charge < -0.3 is 34.2 Å². The number of carbonyl (C=O) groups excluding carboxylic acids is 3. The van der Waals surface area contributed by atoms with Gasteiger partial charge >= 0.3 is 33.6 Å². The monoisotopic (exact) mass is 1260 g/mol. The van der Waals surface area contributed by atoms with E-state index in [4.69, 9.17) is 32.3 Å². The molecular formula is C69H118O16P2.